The third-order valence-electron chi connectivity index (χ3n) is 5.71. The van der Waals surface area contributed by atoms with Crippen molar-refractivity contribution in [3.63, 3.8) is 0 Å². The SMILES string of the molecule is C.OC[C@H]1CC[C@@H](Cc2cc(-c3cccc(NCc4cccc(F)c4)n3)c(Cl)cn2)C1. The number of benzene rings is 1. The summed E-state index contributed by atoms with van der Waals surface area (Å²) in [6.45, 7) is 0.756. The van der Waals surface area contributed by atoms with Gasteiger partial charge in [-0.05, 0) is 73.4 Å². The van der Waals surface area contributed by atoms with Crippen molar-refractivity contribution in [2.75, 3.05) is 11.9 Å². The smallest absolute Gasteiger partial charge is 0.126 e. The van der Waals surface area contributed by atoms with E-state index in [9.17, 15) is 9.50 Å². The van der Waals surface area contributed by atoms with E-state index in [4.69, 9.17) is 11.6 Å². The number of nitrogens with one attached hydrogen (secondary N) is 1. The van der Waals surface area contributed by atoms with Crippen LogP contribution in [-0.4, -0.2) is 21.7 Å². The molecule has 1 aromatic carbocycles. The van der Waals surface area contributed by atoms with E-state index in [-0.39, 0.29) is 19.9 Å². The predicted molar refractivity (Wildman–Crippen MR) is 125 cm³/mol. The number of nitrogens with zero attached hydrogens (tertiary/aromatic N) is 2. The van der Waals surface area contributed by atoms with Crippen molar-refractivity contribution in [2.45, 2.75) is 39.7 Å². The normalized spacial score (nSPS) is 17.9. The molecule has 0 bridgehead atoms. The minimum atomic E-state index is -0.250. The van der Waals surface area contributed by atoms with E-state index in [2.05, 4.69) is 15.3 Å². The monoisotopic (exact) mass is 441 g/mol. The number of rotatable bonds is 7. The lowest BCUT2D eigenvalue weighted by atomic mass is 9.98. The van der Waals surface area contributed by atoms with Crippen LogP contribution in [0.5, 0.6) is 0 Å². The van der Waals surface area contributed by atoms with Crippen molar-refractivity contribution in [3.05, 3.63) is 76.8 Å². The molecule has 0 spiro atoms. The molecular weight excluding hydrogens is 413 g/mol. The average Bonchev–Trinajstić information content (AvgIpc) is 3.21. The van der Waals surface area contributed by atoms with Crippen LogP contribution in [0.1, 0.15) is 37.9 Å². The lowest BCUT2D eigenvalue weighted by molar-refractivity contribution is 0.226. The first-order chi connectivity index (χ1) is 14.6. The largest absolute Gasteiger partial charge is 0.396 e. The van der Waals surface area contributed by atoms with Gasteiger partial charge in [0.15, 0.2) is 0 Å². The molecule has 2 atom stereocenters. The first-order valence-corrected chi connectivity index (χ1v) is 10.7. The van der Waals surface area contributed by atoms with Crippen molar-refractivity contribution >= 4 is 17.4 Å². The molecule has 2 heterocycles. The summed E-state index contributed by atoms with van der Waals surface area (Å²) in [4.78, 5) is 9.20. The summed E-state index contributed by atoms with van der Waals surface area (Å²) in [5.74, 6) is 1.42. The molecule has 1 fully saturated rings. The maximum Gasteiger partial charge on any atom is 0.126 e. The summed E-state index contributed by atoms with van der Waals surface area (Å²) in [6, 6.07) is 14.3. The molecule has 164 valence electrons. The molecule has 1 aliphatic rings. The lowest BCUT2D eigenvalue weighted by Crippen LogP contribution is -2.05. The molecule has 4 rings (SSSR count). The predicted octanol–water partition coefficient (Wildman–Crippen LogP) is 6.14. The topological polar surface area (TPSA) is 58.0 Å². The zero-order chi connectivity index (χ0) is 20.9. The molecule has 1 aliphatic carbocycles. The Morgan fingerprint density at radius 1 is 1.10 bits per heavy atom. The average molecular weight is 442 g/mol. The fourth-order valence-corrected chi connectivity index (χ4v) is 4.34. The summed E-state index contributed by atoms with van der Waals surface area (Å²) in [7, 11) is 0. The highest BCUT2D eigenvalue weighted by molar-refractivity contribution is 6.33. The number of pyridine rings is 2. The fraction of sp³-hybridized carbons (Fsp3) is 0.360. The number of aliphatic hydroxyl groups excluding tert-OH is 1. The van der Waals surface area contributed by atoms with Gasteiger partial charge in [-0.1, -0.05) is 37.2 Å². The van der Waals surface area contributed by atoms with Gasteiger partial charge in [0.2, 0.25) is 0 Å². The van der Waals surface area contributed by atoms with E-state index in [0.29, 0.717) is 29.2 Å². The van der Waals surface area contributed by atoms with Gasteiger partial charge in [-0.2, -0.15) is 0 Å². The highest BCUT2D eigenvalue weighted by Crippen LogP contribution is 2.34. The molecule has 1 saturated carbocycles. The Hall–Kier alpha value is -2.50. The second kappa shape index (κ2) is 10.7. The zero-order valence-electron chi connectivity index (χ0n) is 16.7. The quantitative estimate of drug-likeness (QED) is 0.462. The van der Waals surface area contributed by atoms with Gasteiger partial charge in [0.25, 0.3) is 0 Å². The van der Waals surface area contributed by atoms with Crippen LogP contribution in [0, 0.1) is 17.7 Å². The van der Waals surface area contributed by atoms with Gasteiger partial charge in [-0.25, -0.2) is 9.37 Å². The van der Waals surface area contributed by atoms with Crippen LogP contribution in [0.15, 0.2) is 54.7 Å². The van der Waals surface area contributed by atoms with Gasteiger partial charge < -0.3 is 10.4 Å². The first kappa shape index (κ1) is 23.2. The third kappa shape index (κ3) is 6.02. The van der Waals surface area contributed by atoms with E-state index < -0.39 is 0 Å². The maximum absolute atomic E-state index is 13.4. The molecule has 2 aromatic heterocycles. The Kier molecular flexibility index (Phi) is 7.99. The van der Waals surface area contributed by atoms with Crippen LogP contribution >= 0.6 is 11.6 Å². The van der Waals surface area contributed by atoms with Gasteiger partial charge in [0.05, 0.1) is 10.7 Å². The molecule has 0 aliphatic heterocycles. The van der Waals surface area contributed by atoms with Crippen molar-refractivity contribution in [2.24, 2.45) is 11.8 Å². The second-order valence-corrected chi connectivity index (χ2v) is 8.39. The van der Waals surface area contributed by atoms with Crippen LogP contribution in [0.25, 0.3) is 11.3 Å². The molecule has 3 aromatic rings. The molecule has 0 unspecified atom stereocenters. The summed E-state index contributed by atoms with van der Waals surface area (Å²) in [6.07, 6.45) is 5.84. The molecular formula is C25H29ClFN3O. The third-order valence-corrected chi connectivity index (χ3v) is 6.01. The summed E-state index contributed by atoms with van der Waals surface area (Å²) in [5.41, 5.74) is 3.47. The van der Waals surface area contributed by atoms with Gasteiger partial charge in [-0.15, -0.1) is 0 Å². The van der Waals surface area contributed by atoms with E-state index >= 15 is 0 Å². The van der Waals surface area contributed by atoms with Gasteiger partial charge in [-0.3, -0.25) is 4.98 Å². The van der Waals surface area contributed by atoms with Gasteiger partial charge in [0.1, 0.15) is 11.6 Å². The first-order valence-electron chi connectivity index (χ1n) is 10.3. The van der Waals surface area contributed by atoms with Crippen LogP contribution in [0.3, 0.4) is 0 Å². The molecule has 0 saturated heterocycles. The Morgan fingerprint density at radius 2 is 1.90 bits per heavy atom. The highest BCUT2D eigenvalue weighted by Gasteiger charge is 2.24. The Morgan fingerprint density at radius 3 is 2.68 bits per heavy atom. The molecule has 0 radical (unpaired) electrons. The van der Waals surface area contributed by atoms with Gasteiger partial charge in [0, 0.05) is 30.6 Å². The Balaban J connectivity index is 0.00000272. The second-order valence-electron chi connectivity index (χ2n) is 7.98. The van der Waals surface area contributed by atoms with Crippen molar-refractivity contribution in [1.29, 1.82) is 0 Å². The highest BCUT2D eigenvalue weighted by atomic mass is 35.5. The number of halogens is 2. The minimum Gasteiger partial charge on any atom is -0.396 e. The molecule has 31 heavy (non-hydrogen) atoms. The van der Waals surface area contributed by atoms with Crippen molar-refractivity contribution in [1.82, 2.24) is 9.97 Å². The van der Waals surface area contributed by atoms with Crippen LogP contribution in [0.4, 0.5) is 10.2 Å². The molecule has 4 nitrogen and oxygen atoms in total. The Bertz CT molecular complexity index is 1010. The standard InChI is InChI=1S/C24H25ClFN3O.CH4/c25-22-14-27-20(11-16-7-8-18(9-16)15-30)12-21(22)23-5-2-6-24(29-23)28-13-17-3-1-4-19(26)10-17;/h1-6,10,12,14,16,18,30H,7-9,11,13,15H2,(H,28,29);1H4/t16-,18+;/m1./s1. The van der Waals surface area contributed by atoms with E-state index in [1.54, 1.807) is 12.3 Å². The number of aliphatic hydroxyl groups is 1. The molecule has 0 amide bonds. The van der Waals surface area contributed by atoms with Crippen LogP contribution < -0.4 is 5.32 Å². The summed E-state index contributed by atoms with van der Waals surface area (Å²) >= 11 is 6.44. The minimum absolute atomic E-state index is 0. The maximum atomic E-state index is 13.4. The number of hydrogen-bond donors (Lipinski definition) is 2. The fourth-order valence-electron chi connectivity index (χ4n) is 4.14. The van der Waals surface area contributed by atoms with Crippen molar-refractivity contribution in [3.8, 4) is 11.3 Å². The van der Waals surface area contributed by atoms with E-state index in [1.807, 2.05) is 30.3 Å². The summed E-state index contributed by atoms with van der Waals surface area (Å²) < 4.78 is 13.4. The van der Waals surface area contributed by atoms with E-state index in [1.165, 1.54) is 12.1 Å². The molecule has 2 N–H and O–H groups in total. The van der Waals surface area contributed by atoms with E-state index in [0.717, 1.165) is 48.2 Å². The zero-order valence-corrected chi connectivity index (χ0v) is 17.4. The lowest BCUT2D eigenvalue weighted by Gasteiger charge is -2.12. The van der Waals surface area contributed by atoms with Crippen LogP contribution in [0.2, 0.25) is 5.02 Å². The number of hydrogen-bond acceptors (Lipinski definition) is 4. The van der Waals surface area contributed by atoms with Crippen molar-refractivity contribution < 1.29 is 9.50 Å². The molecule has 6 heteroatoms. The summed E-state index contributed by atoms with van der Waals surface area (Å²) in [5, 5.41) is 13.2. The Labute approximate surface area is 188 Å². The van der Waals surface area contributed by atoms with Gasteiger partial charge >= 0.3 is 0 Å². The number of anilines is 1. The number of aromatic nitrogens is 2. The van der Waals surface area contributed by atoms with Crippen LogP contribution in [-0.2, 0) is 13.0 Å².